The summed E-state index contributed by atoms with van der Waals surface area (Å²) >= 11 is 0. The molecule has 0 saturated carbocycles. The second kappa shape index (κ2) is 10.1. The number of piperidine rings is 3. The van der Waals surface area contributed by atoms with Crippen LogP contribution in [0.25, 0.3) is 22.4 Å². The van der Waals surface area contributed by atoms with Crippen LogP contribution in [0.15, 0.2) is 91.1 Å². The van der Waals surface area contributed by atoms with Gasteiger partial charge in [-0.15, -0.1) is 5.10 Å². The zero-order valence-electron chi connectivity index (χ0n) is 20.4. The van der Waals surface area contributed by atoms with E-state index < -0.39 is 0 Å². The summed E-state index contributed by atoms with van der Waals surface area (Å²) in [6, 6.07) is 29.5. The molecular weight excluding hydrogens is 446 g/mol. The first-order valence-corrected chi connectivity index (χ1v) is 12.9. The van der Waals surface area contributed by atoms with Gasteiger partial charge in [0.25, 0.3) is 0 Å². The summed E-state index contributed by atoms with van der Waals surface area (Å²) in [4.78, 5) is 14.5. The third-order valence-electron chi connectivity index (χ3n) is 7.93. The lowest BCUT2D eigenvalue weighted by atomic mass is 9.75. The lowest BCUT2D eigenvalue weighted by Crippen LogP contribution is -3.20. The Hall–Kier alpha value is -3.77. The molecule has 4 heterocycles. The molecule has 7 rings (SSSR count). The van der Waals surface area contributed by atoms with E-state index in [-0.39, 0.29) is 11.8 Å². The maximum Gasteiger partial charge on any atom is 0.229 e. The van der Waals surface area contributed by atoms with Gasteiger partial charge < -0.3 is 10.2 Å². The molecule has 0 spiro atoms. The van der Waals surface area contributed by atoms with E-state index in [0.717, 1.165) is 49.3 Å². The van der Waals surface area contributed by atoms with Gasteiger partial charge in [-0.05, 0) is 22.6 Å². The van der Waals surface area contributed by atoms with Gasteiger partial charge in [-0.1, -0.05) is 90.1 Å². The molecule has 3 saturated heterocycles. The Morgan fingerprint density at radius 3 is 2.33 bits per heavy atom. The van der Waals surface area contributed by atoms with Crippen molar-refractivity contribution in [3.63, 3.8) is 0 Å². The molecule has 0 aliphatic carbocycles. The number of carbonyl (C=O) groups is 1. The highest BCUT2D eigenvalue weighted by Crippen LogP contribution is 2.28. The Morgan fingerprint density at radius 2 is 1.61 bits per heavy atom. The first kappa shape index (κ1) is 22.7. The number of amides is 1. The zero-order valence-corrected chi connectivity index (χ0v) is 20.4. The number of nitrogens with one attached hydrogen (secondary N) is 2. The third-order valence-corrected chi connectivity index (χ3v) is 7.93. The lowest BCUT2D eigenvalue weighted by molar-refractivity contribution is -0.945. The van der Waals surface area contributed by atoms with Gasteiger partial charge >= 0.3 is 0 Å². The highest BCUT2D eigenvalue weighted by molar-refractivity contribution is 5.79. The molecule has 1 aromatic heterocycles. The number of hydrogen-bond donors (Lipinski definition) is 2. The molecule has 6 heteroatoms. The summed E-state index contributed by atoms with van der Waals surface area (Å²) in [6.07, 6.45) is 4.26. The molecule has 1 unspecified atom stereocenters. The van der Waals surface area contributed by atoms with Crippen molar-refractivity contribution in [2.75, 3.05) is 13.1 Å². The monoisotopic (exact) mass is 478 g/mol. The van der Waals surface area contributed by atoms with Crippen molar-refractivity contribution in [3.05, 3.63) is 96.7 Å². The molecule has 36 heavy (non-hydrogen) atoms. The highest BCUT2D eigenvalue weighted by atomic mass is 16.1. The highest BCUT2D eigenvalue weighted by Gasteiger charge is 2.46. The molecule has 6 nitrogen and oxygen atoms in total. The van der Waals surface area contributed by atoms with E-state index in [1.807, 2.05) is 28.9 Å². The summed E-state index contributed by atoms with van der Waals surface area (Å²) in [5, 5.41) is 12.1. The SMILES string of the molecule is O=C(NCc1ccccc1)[C@H]1C[NH+]2CC[C@@H]1C[C@@H]2Cn1cc(-c2ccc(-c3ccccc3)cc2)nn1. The average Bonchev–Trinajstić information content (AvgIpc) is 3.42. The van der Waals surface area contributed by atoms with Crippen LogP contribution in [0, 0.1) is 11.8 Å². The molecule has 3 aliphatic rings. The number of aromatic nitrogens is 3. The Labute approximate surface area is 212 Å². The average molecular weight is 479 g/mol. The fourth-order valence-electron chi connectivity index (χ4n) is 5.94. The summed E-state index contributed by atoms with van der Waals surface area (Å²) in [5.74, 6) is 0.779. The van der Waals surface area contributed by atoms with E-state index in [2.05, 4.69) is 82.5 Å². The van der Waals surface area contributed by atoms with Crippen molar-refractivity contribution in [3.8, 4) is 22.4 Å². The van der Waals surface area contributed by atoms with Crippen LogP contribution in [0.3, 0.4) is 0 Å². The zero-order chi connectivity index (χ0) is 24.3. The van der Waals surface area contributed by atoms with Crippen molar-refractivity contribution in [1.29, 1.82) is 0 Å². The molecule has 4 atom stereocenters. The number of quaternary nitrogens is 1. The molecule has 3 aromatic carbocycles. The van der Waals surface area contributed by atoms with Gasteiger partial charge in [0.15, 0.2) is 0 Å². The van der Waals surface area contributed by atoms with Crippen LogP contribution in [0.2, 0.25) is 0 Å². The maximum atomic E-state index is 12.9. The van der Waals surface area contributed by atoms with E-state index in [9.17, 15) is 4.79 Å². The van der Waals surface area contributed by atoms with Gasteiger partial charge in [-0.25, -0.2) is 4.68 Å². The summed E-state index contributed by atoms with van der Waals surface area (Å²) in [5.41, 5.74) is 5.54. The van der Waals surface area contributed by atoms with Gasteiger partial charge in [-0.3, -0.25) is 4.79 Å². The molecule has 4 aromatic rings. The minimum atomic E-state index is 0.114. The topological polar surface area (TPSA) is 64.2 Å². The van der Waals surface area contributed by atoms with E-state index >= 15 is 0 Å². The fraction of sp³-hybridized carbons (Fsp3) is 0.300. The van der Waals surface area contributed by atoms with Crippen LogP contribution in [-0.2, 0) is 17.9 Å². The van der Waals surface area contributed by atoms with Crippen LogP contribution in [-0.4, -0.2) is 40.0 Å². The summed E-state index contributed by atoms with van der Waals surface area (Å²) in [7, 11) is 0. The smallest absolute Gasteiger partial charge is 0.229 e. The minimum absolute atomic E-state index is 0.114. The van der Waals surface area contributed by atoms with E-state index in [0.29, 0.717) is 18.5 Å². The van der Waals surface area contributed by atoms with Crippen LogP contribution in [0.1, 0.15) is 18.4 Å². The number of carbonyl (C=O) groups excluding carboxylic acids is 1. The van der Waals surface area contributed by atoms with Crippen LogP contribution in [0.4, 0.5) is 0 Å². The number of rotatable bonds is 7. The van der Waals surface area contributed by atoms with Gasteiger partial charge in [0, 0.05) is 24.9 Å². The standard InChI is InChI=1S/C30H31N5O/c36-30(31-18-22-7-3-1-4-8-22)28-20-34-16-15-26(28)17-27(34)19-35-21-29(32-33-35)25-13-11-24(12-14-25)23-9-5-2-6-10-23/h1-14,21,26-28H,15-20H2,(H,31,36)/p+1/t26-,27-,28+/m1/s1. The van der Waals surface area contributed by atoms with Crippen LogP contribution < -0.4 is 10.2 Å². The van der Waals surface area contributed by atoms with Crippen molar-refractivity contribution >= 4 is 5.91 Å². The number of benzene rings is 3. The second-order valence-electron chi connectivity index (χ2n) is 10.2. The van der Waals surface area contributed by atoms with Crippen molar-refractivity contribution in [1.82, 2.24) is 20.3 Å². The van der Waals surface area contributed by atoms with Gasteiger partial charge in [-0.2, -0.15) is 0 Å². The number of nitrogens with zero attached hydrogens (tertiary/aromatic N) is 3. The third kappa shape index (κ3) is 4.82. The Kier molecular flexibility index (Phi) is 6.35. The summed E-state index contributed by atoms with van der Waals surface area (Å²) in [6.45, 7) is 3.51. The molecule has 3 aliphatic heterocycles. The van der Waals surface area contributed by atoms with E-state index in [1.54, 1.807) is 0 Å². The largest absolute Gasteiger partial charge is 0.352 e. The molecule has 0 radical (unpaired) electrons. The molecule has 182 valence electrons. The lowest BCUT2D eigenvalue weighted by Gasteiger charge is -2.46. The van der Waals surface area contributed by atoms with Gasteiger partial charge in [0.2, 0.25) is 5.91 Å². The first-order valence-electron chi connectivity index (χ1n) is 12.9. The predicted octanol–water partition coefficient (Wildman–Crippen LogP) is 3.22. The molecule has 2 bridgehead atoms. The maximum absolute atomic E-state index is 12.9. The fourth-order valence-corrected chi connectivity index (χ4v) is 5.94. The van der Waals surface area contributed by atoms with Crippen molar-refractivity contribution < 1.29 is 9.69 Å². The molecule has 1 amide bonds. The minimum Gasteiger partial charge on any atom is -0.352 e. The van der Waals surface area contributed by atoms with Crippen LogP contribution in [0.5, 0.6) is 0 Å². The van der Waals surface area contributed by atoms with E-state index in [1.165, 1.54) is 16.0 Å². The number of hydrogen-bond acceptors (Lipinski definition) is 3. The Balaban J connectivity index is 1.06. The van der Waals surface area contributed by atoms with E-state index in [4.69, 9.17) is 0 Å². The Morgan fingerprint density at radius 1 is 0.917 bits per heavy atom. The van der Waals surface area contributed by atoms with Crippen LogP contribution >= 0.6 is 0 Å². The quantitative estimate of drug-likeness (QED) is 0.429. The van der Waals surface area contributed by atoms with Crippen molar-refractivity contribution in [2.45, 2.75) is 32.0 Å². The molecule has 3 fully saturated rings. The number of fused-ring (bicyclic) bond motifs is 3. The summed E-state index contributed by atoms with van der Waals surface area (Å²) < 4.78 is 1.99. The second-order valence-corrected chi connectivity index (χ2v) is 10.2. The van der Waals surface area contributed by atoms with Gasteiger partial charge in [0.05, 0.1) is 31.7 Å². The molecular formula is C30H32N5O+. The first-order chi connectivity index (χ1) is 17.7. The van der Waals surface area contributed by atoms with Gasteiger partial charge in [0.1, 0.15) is 11.7 Å². The Bertz CT molecular complexity index is 1300. The molecule has 2 N–H and O–H groups in total. The normalized spacial score (nSPS) is 22.9. The van der Waals surface area contributed by atoms with Crippen molar-refractivity contribution in [2.24, 2.45) is 11.8 Å². The predicted molar refractivity (Wildman–Crippen MR) is 140 cm³/mol.